The molecule has 1 rings (SSSR count). The largest absolute Gasteiger partial charge is 0.483 e. The van der Waals surface area contributed by atoms with Crippen LogP contribution in [0.25, 0.3) is 0 Å². The van der Waals surface area contributed by atoms with Crippen molar-refractivity contribution in [3.8, 4) is 0 Å². The molecule has 0 aromatic heterocycles. The highest BCUT2D eigenvalue weighted by Crippen LogP contribution is 2.11. The molecular formula is C9H9BrClNO. The molecule has 1 aromatic carbocycles. The van der Waals surface area contributed by atoms with Crippen LogP contribution in [0.2, 0.25) is 0 Å². The maximum absolute atomic E-state index is 5.30. The minimum absolute atomic E-state index is 0.518. The molecule has 0 atom stereocenters. The summed E-state index contributed by atoms with van der Waals surface area (Å²) in [5, 5.41) is 0. The van der Waals surface area contributed by atoms with Crippen LogP contribution in [0.15, 0.2) is 33.2 Å². The summed E-state index contributed by atoms with van der Waals surface area (Å²) in [5.74, 6) is 0.518. The molecule has 70 valence electrons. The summed E-state index contributed by atoms with van der Waals surface area (Å²) in [6.07, 6.45) is 0.618. The van der Waals surface area contributed by atoms with Gasteiger partial charge in [-0.05, 0) is 17.7 Å². The second-order valence-corrected chi connectivity index (χ2v) is 3.57. The standard InChI is InChI=1S/C9H9BrClNO/c1-13-9(12-11)6-7-2-4-8(10)5-3-7/h2-5H,6H2,1H3/b12-9-. The molecule has 0 aliphatic heterocycles. The molecule has 1 aromatic rings. The van der Waals surface area contributed by atoms with Crippen molar-refractivity contribution >= 4 is 33.6 Å². The van der Waals surface area contributed by atoms with Gasteiger partial charge in [-0.3, -0.25) is 0 Å². The number of hydrogen-bond donors (Lipinski definition) is 0. The highest BCUT2D eigenvalue weighted by atomic mass is 79.9. The summed E-state index contributed by atoms with van der Waals surface area (Å²) in [6, 6.07) is 7.92. The SMILES string of the molecule is CO/C(Cc1ccc(Br)cc1)=N\Cl. The van der Waals surface area contributed by atoms with Crippen LogP contribution in [0, 0.1) is 0 Å². The van der Waals surface area contributed by atoms with Gasteiger partial charge >= 0.3 is 0 Å². The lowest BCUT2D eigenvalue weighted by molar-refractivity contribution is 0.395. The Morgan fingerprint density at radius 2 is 2.08 bits per heavy atom. The van der Waals surface area contributed by atoms with Crippen LogP contribution in [0.4, 0.5) is 0 Å². The van der Waals surface area contributed by atoms with Crippen LogP contribution in [0.3, 0.4) is 0 Å². The Labute approximate surface area is 90.8 Å². The molecule has 0 saturated carbocycles. The smallest absolute Gasteiger partial charge is 0.205 e. The lowest BCUT2D eigenvalue weighted by Crippen LogP contribution is -2.03. The zero-order valence-corrected chi connectivity index (χ0v) is 9.47. The van der Waals surface area contributed by atoms with Gasteiger partial charge in [0.25, 0.3) is 0 Å². The predicted molar refractivity (Wildman–Crippen MR) is 58.1 cm³/mol. The summed E-state index contributed by atoms with van der Waals surface area (Å²) in [5.41, 5.74) is 1.12. The molecule has 0 heterocycles. The second kappa shape index (κ2) is 5.25. The Kier molecular flexibility index (Phi) is 4.25. The highest BCUT2D eigenvalue weighted by Gasteiger charge is 2.00. The van der Waals surface area contributed by atoms with E-state index >= 15 is 0 Å². The van der Waals surface area contributed by atoms with Crippen LogP contribution >= 0.6 is 27.7 Å². The van der Waals surface area contributed by atoms with Crippen molar-refractivity contribution in [3.05, 3.63) is 34.3 Å². The molecule has 13 heavy (non-hydrogen) atoms. The van der Waals surface area contributed by atoms with Gasteiger partial charge in [0.1, 0.15) is 0 Å². The molecule has 0 aliphatic rings. The Balaban J connectivity index is 2.69. The van der Waals surface area contributed by atoms with Gasteiger partial charge in [0, 0.05) is 22.7 Å². The molecule has 0 saturated heterocycles. The van der Waals surface area contributed by atoms with Crippen LogP contribution in [0.5, 0.6) is 0 Å². The fraction of sp³-hybridized carbons (Fsp3) is 0.222. The number of nitrogens with zero attached hydrogens (tertiary/aromatic N) is 1. The normalized spacial score (nSPS) is 11.5. The van der Waals surface area contributed by atoms with Gasteiger partial charge in [0.15, 0.2) is 0 Å². The van der Waals surface area contributed by atoms with Crippen molar-refractivity contribution in [1.82, 2.24) is 0 Å². The summed E-state index contributed by atoms with van der Waals surface area (Å²) in [7, 11) is 1.56. The summed E-state index contributed by atoms with van der Waals surface area (Å²) >= 11 is 8.66. The van der Waals surface area contributed by atoms with Crippen LogP contribution in [-0.2, 0) is 11.2 Å². The maximum Gasteiger partial charge on any atom is 0.205 e. The van der Waals surface area contributed by atoms with Gasteiger partial charge in [-0.2, -0.15) is 0 Å². The first-order valence-corrected chi connectivity index (χ1v) is 4.85. The highest BCUT2D eigenvalue weighted by molar-refractivity contribution is 9.10. The topological polar surface area (TPSA) is 21.6 Å². The number of ether oxygens (including phenoxy) is 1. The minimum atomic E-state index is 0.518. The van der Waals surface area contributed by atoms with Crippen molar-refractivity contribution in [1.29, 1.82) is 0 Å². The number of rotatable bonds is 2. The van der Waals surface area contributed by atoms with E-state index in [1.807, 2.05) is 24.3 Å². The molecule has 0 bridgehead atoms. The van der Waals surface area contributed by atoms with Gasteiger partial charge in [-0.15, -0.1) is 4.51 Å². The Morgan fingerprint density at radius 3 is 2.54 bits per heavy atom. The maximum atomic E-state index is 5.30. The van der Waals surface area contributed by atoms with Gasteiger partial charge < -0.3 is 4.74 Å². The average molecular weight is 263 g/mol. The molecule has 0 fully saturated rings. The number of methoxy groups -OCH3 is 1. The quantitative estimate of drug-likeness (QED) is 0.592. The fourth-order valence-corrected chi connectivity index (χ4v) is 1.31. The van der Waals surface area contributed by atoms with E-state index in [0.29, 0.717) is 12.3 Å². The molecule has 0 N–H and O–H groups in total. The molecule has 0 spiro atoms. The predicted octanol–water partition coefficient (Wildman–Crippen LogP) is 3.19. The van der Waals surface area contributed by atoms with Crippen LogP contribution in [-0.4, -0.2) is 13.0 Å². The molecular weight excluding hydrogens is 253 g/mol. The first kappa shape index (κ1) is 10.5. The van der Waals surface area contributed by atoms with Crippen molar-refractivity contribution in [3.63, 3.8) is 0 Å². The van der Waals surface area contributed by atoms with E-state index in [1.165, 1.54) is 0 Å². The molecule has 0 amide bonds. The van der Waals surface area contributed by atoms with Crippen molar-refractivity contribution in [2.24, 2.45) is 4.51 Å². The van der Waals surface area contributed by atoms with E-state index in [0.717, 1.165) is 10.0 Å². The molecule has 0 radical (unpaired) electrons. The third-order valence-electron chi connectivity index (χ3n) is 1.60. The second-order valence-electron chi connectivity index (χ2n) is 2.49. The Hall–Kier alpha value is -0.540. The van der Waals surface area contributed by atoms with E-state index in [2.05, 4.69) is 20.4 Å². The third kappa shape index (κ3) is 3.36. The molecule has 4 heteroatoms. The van der Waals surface area contributed by atoms with Gasteiger partial charge in [0.05, 0.1) is 7.11 Å². The number of benzene rings is 1. The van der Waals surface area contributed by atoms with E-state index in [-0.39, 0.29) is 0 Å². The average Bonchev–Trinajstić information content (AvgIpc) is 2.17. The summed E-state index contributed by atoms with van der Waals surface area (Å²) < 4.78 is 9.47. The van der Waals surface area contributed by atoms with E-state index in [9.17, 15) is 0 Å². The zero-order valence-electron chi connectivity index (χ0n) is 7.13. The Morgan fingerprint density at radius 1 is 1.46 bits per heavy atom. The molecule has 0 unspecified atom stereocenters. The Bertz CT molecular complexity index is 297. The number of halogens is 2. The van der Waals surface area contributed by atoms with Gasteiger partial charge in [-0.25, -0.2) is 0 Å². The lowest BCUT2D eigenvalue weighted by Gasteiger charge is -2.02. The minimum Gasteiger partial charge on any atom is -0.483 e. The lowest BCUT2D eigenvalue weighted by atomic mass is 10.1. The van der Waals surface area contributed by atoms with Crippen molar-refractivity contribution in [2.45, 2.75) is 6.42 Å². The first-order valence-electron chi connectivity index (χ1n) is 3.72. The monoisotopic (exact) mass is 261 g/mol. The van der Waals surface area contributed by atoms with Crippen LogP contribution < -0.4 is 0 Å². The van der Waals surface area contributed by atoms with E-state index in [4.69, 9.17) is 16.5 Å². The number of hydrogen-bond acceptors (Lipinski definition) is 2. The van der Waals surface area contributed by atoms with Gasteiger partial charge in [0.2, 0.25) is 5.90 Å². The fourth-order valence-electron chi connectivity index (χ4n) is 0.913. The summed E-state index contributed by atoms with van der Waals surface area (Å²) in [6.45, 7) is 0. The van der Waals surface area contributed by atoms with Crippen LogP contribution in [0.1, 0.15) is 5.56 Å². The summed E-state index contributed by atoms with van der Waals surface area (Å²) in [4.78, 5) is 0. The zero-order chi connectivity index (χ0) is 9.68. The van der Waals surface area contributed by atoms with E-state index in [1.54, 1.807) is 7.11 Å². The van der Waals surface area contributed by atoms with Crippen molar-refractivity contribution in [2.75, 3.05) is 7.11 Å². The third-order valence-corrected chi connectivity index (χ3v) is 2.32. The molecule has 2 nitrogen and oxygen atoms in total. The van der Waals surface area contributed by atoms with Crippen molar-refractivity contribution < 1.29 is 4.74 Å². The first-order chi connectivity index (χ1) is 6.26. The van der Waals surface area contributed by atoms with Gasteiger partial charge in [-0.1, -0.05) is 28.1 Å². The molecule has 0 aliphatic carbocycles. The van der Waals surface area contributed by atoms with E-state index < -0.39 is 0 Å².